The highest BCUT2D eigenvalue weighted by atomic mass is 16.5. The third kappa shape index (κ3) is 7.50. The molecule has 2 aliphatic rings. The number of carbonyl (C=O) groups excluding carboxylic acids is 1. The van der Waals surface area contributed by atoms with Gasteiger partial charge >= 0.3 is 5.97 Å². The van der Waals surface area contributed by atoms with E-state index >= 15 is 0 Å². The number of oxazole rings is 1. The first-order chi connectivity index (χ1) is 21.0. The number of hydrogen-bond acceptors (Lipinski definition) is 6. The van der Waals surface area contributed by atoms with Gasteiger partial charge in [-0.15, -0.1) is 0 Å². The highest BCUT2D eigenvalue weighted by Crippen LogP contribution is 2.41. The van der Waals surface area contributed by atoms with E-state index in [-0.39, 0.29) is 24.4 Å². The maximum atomic E-state index is 14.2. The maximum Gasteiger partial charge on any atom is 0.308 e. The zero-order chi connectivity index (χ0) is 31.4. The van der Waals surface area contributed by atoms with Crippen molar-refractivity contribution >= 4 is 17.6 Å². The van der Waals surface area contributed by atoms with Gasteiger partial charge in [-0.3, -0.25) is 14.5 Å². The predicted molar refractivity (Wildman–Crippen MR) is 170 cm³/mol. The van der Waals surface area contributed by atoms with Crippen molar-refractivity contribution in [3.05, 3.63) is 77.0 Å². The summed E-state index contributed by atoms with van der Waals surface area (Å²) in [6.45, 7) is 6.73. The number of hydrogen-bond donors (Lipinski definition) is 1. The molecule has 9 heteroatoms. The van der Waals surface area contributed by atoms with E-state index in [1.807, 2.05) is 36.1 Å². The number of carboxylic acid groups (broad SMARTS) is 1. The van der Waals surface area contributed by atoms with Gasteiger partial charge in [0.2, 0.25) is 5.91 Å². The zero-order valence-electron chi connectivity index (χ0n) is 26.8. The summed E-state index contributed by atoms with van der Waals surface area (Å²) in [7, 11) is 6.47. The van der Waals surface area contributed by atoms with Gasteiger partial charge in [0, 0.05) is 49.1 Å². The molecular formula is C35H47N4O5+. The van der Waals surface area contributed by atoms with E-state index < -0.39 is 11.9 Å². The summed E-state index contributed by atoms with van der Waals surface area (Å²) in [6.07, 6.45) is 5.40. The van der Waals surface area contributed by atoms with Crippen molar-refractivity contribution in [1.82, 2.24) is 9.88 Å². The van der Waals surface area contributed by atoms with Crippen LogP contribution in [-0.2, 0) is 29.0 Å². The highest BCUT2D eigenvalue weighted by molar-refractivity contribution is 5.95. The molecule has 1 N–H and O–H groups in total. The fourth-order valence-corrected chi connectivity index (χ4v) is 6.76. The van der Waals surface area contributed by atoms with Crippen LogP contribution in [0, 0.1) is 12.8 Å². The topological polar surface area (TPSA) is 96.1 Å². The molecular weight excluding hydrogens is 556 g/mol. The molecule has 5 rings (SSSR count). The minimum Gasteiger partial charge on any atom is -0.493 e. The molecule has 236 valence electrons. The number of benzene rings is 2. The third-order valence-electron chi connectivity index (χ3n) is 8.75. The molecule has 1 saturated heterocycles. The molecule has 3 atom stereocenters. The molecule has 3 heterocycles. The number of aromatic nitrogens is 1. The highest BCUT2D eigenvalue weighted by Gasteiger charge is 2.47. The number of aryl methyl sites for hydroxylation is 2. The number of aliphatic carboxylic acids is 1. The van der Waals surface area contributed by atoms with Crippen molar-refractivity contribution in [3.8, 4) is 5.75 Å². The van der Waals surface area contributed by atoms with Gasteiger partial charge < -0.3 is 23.6 Å². The molecule has 1 aromatic heterocycles. The van der Waals surface area contributed by atoms with E-state index in [9.17, 15) is 14.7 Å². The van der Waals surface area contributed by atoms with Crippen LogP contribution in [0.3, 0.4) is 0 Å². The lowest BCUT2D eigenvalue weighted by Gasteiger charge is -2.30. The number of amides is 1. The fraction of sp³-hybridized carbons (Fsp3) is 0.514. The molecule has 2 aromatic carbocycles. The summed E-state index contributed by atoms with van der Waals surface area (Å²) in [6, 6.07) is 14.0. The number of rotatable bonds is 13. The van der Waals surface area contributed by atoms with Crippen molar-refractivity contribution in [2.45, 2.75) is 64.5 Å². The molecule has 0 spiro atoms. The summed E-state index contributed by atoms with van der Waals surface area (Å²) < 4.78 is 12.2. The number of anilines is 1. The minimum absolute atomic E-state index is 0.00930. The van der Waals surface area contributed by atoms with Gasteiger partial charge in [0.1, 0.15) is 18.1 Å². The van der Waals surface area contributed by atoms with E-state index in [2.05, 4.69) is 56.1 Å². The van der Waals surface area contributed by atoms with Crippen molar-refractivity contribution in [2.24, 2.45) is 5.92 Å². The van der Waals surface area contributed by atoms with Crippen LogP contribution in [0.25, 0.3) is 0 Å². The largest absolute Gasteiger partial charge is 0.493 e. The summed E-state index contributed by atoms with van der Waals surface area (Å²) in [5, 5.41) is 10.6. The smallest absolute Gasteiger partial charge is 0.308 e. The number of unbranched alkanes of at least 4 members (excludes halogenated alkanes) is 1. The van der Waals surface area contributed by atoms with E-state index in [0.29, 0.717) is 38.4 Å². The average Bonchev–Trinajstić information content (AvgIpc) is 3.69. The van der Waals surface area contributed by atoms with Crippen molar-refractivity contribution < 1.29 is 28.3 Å². The van der Waals surface area contributed by atoms with Crippen LogP contribution in [0.15, 0.2) is 53.1 Å². The Morgan fingerprint density at radius 3 is 2.68 bits per heavy atom. The molecule has 0 radical (unpaired) electrons. The Labute approximate surface area is 261 Å². The van der Waals surface area contributed by atoms with Gasteiger partial charge in [-0.25, -0.2) is 4.98 Å². The van der Waals surface area contributed by atoms with E-state index in [4.69, 9.17) is 9.15 Å². The quantitative estimate of drug-likeness (QED) is 0.273. The molecule has 0 saturated carbocycles. The molecule has 1 fully saturated rings. The van der Waals surface area contributed by atoms with E-state index in [1.165, 1.54) is 5.56 Å². The van der Waals surface area contributed by atoms with E-state index in [1.54, 1.807) is 6.20 Å². The van der Waals surface area contributed by atoms with Crippen LogP contribution in [0.2, 0.25) is 0 Å². The lowest BCUT2D eigenvalue weighted by atomic mass is 9.83. The van der Waals surface area contributed by atoms with Gasteiger partial charge in [0.05, 0.1) is 46.4 Å². The molecule has 1 amide bonds. The Hall–Kier alpha value is -3.69. The minimum atomic E-state index is -0.842. The fourth-order valence-electron chi connectivity index (χ4n) is 6.76. The first-order valence-electron chi connectivity index (χ1n) is 15.9. The SMILES string of the molecule is CCCCN(C(=O)CN1C[C@H](c2ccc3c(c2)CCO3)C(C(=O)O)[C@@H]1CCc1ncc(C)o1)c1cccc(C[N+](C)(C)C)c1. The van der Waals surface area contributed by atoms with Crippen molar-refractivity contribution in [2.75, 3.05) is 52.3 Å². The monoisotopic (exact) mass is 603 g/mol. The lowest BCUT2D eigenvalue weighted by Crippen LogP contribution is -2.44. The second-order valence-electron chi connectivity index (χ2n) is 13.4. The number of carboxylic acids is 1. The van der Waals surface area contributed by atoms with Crippen LogP contribution in [0.1, 0.15) is 60.4 Å². The summed E-state index contributed by atoms with van der Waals surface area (Å²) in [5.74, 6) is 0.424. The van der Waals surface area contributed by atoms with Crippen LogP contribution < -0.4 is 9.64 Å². The molecule has 44 heavy (non-hydrogen) atoms. The molecule has 3 aromatic rings. The van der Waals surface area contributed by atoms with Crippen LogP contribution >= 0.6 is 0 Å². The van der Waals surface area contributed by atoms with Crippen LogP contribution in [0.5, 0.6) is 5.75 Å². The molecule has 2 aliphatic heterocycles. The van der Waals surface area contributed by atoms with Crippen LogP contribution in [0.4, 0.5) is 5.69 Å². The number of fused-ring (bicyclic) bond motifs is 1. The number of carbonyl (C=O) groups is 2. The standard InChI is InChI=1S/C35H46N4O5/c1-6-7-16-38(28-10-8-9-25(18-28)23-39(3,4)5)33(40)22-37-21-29(26-11-13-31-27(19-26)15-17-43-31)34(35(41)42)30(37)12-14-32-36-20-24(2)44-32/h8-11,13,18-20,29-30,34H,6-7,12,14-17,21-23H2,1-5H3/p+1/t29-,30+,34?/m1/s1. The van der Waals surface area contributed by atoms with Crippen LogP contribution in [-0.4, -0.2) is 84.8 Å². The van der Waals surface area contributed by atoms with Gasteiger partial charge in [-0.2, -0.15) is 0 Å². The van der Waals surface area contributed by atoms with Gasteiger partial charge in [-0.1, -0.05) is 37.6 Å². The van der Waals surface area contributed by atoms with E-state index in [0.717, 1.165) is 58.6 Å². The Morgan fingerprint density at radius 1 is 1.16 bits per heavy atom. The van der Waals surface area contributed by atoms with Crippen molar-refractivity contribution in [3.63, 3.8) is 0 Å². The maximum absolute atomic E-state index is 14.2. The second-order valence-corrected chi connectivity index (χ2v) is 13.4. The summed E-state index contributed by atoms with van der Waals surface area (Å²) in [5.41, 5.74) is 4.18. The van der Waals surface area contributed by atoms with Crippen molar-refractivity contribution in [1.29, 1.82) is 0 Å². The molecule has 0 aliphatic carbocycles. The first kappa shape index (κ1) is 31.7. The number of quaternary nitrogens is 1. The second kappa shape index (κ2) is 13.5. The van der Waals surface area contributed by atoms with Gasteiger partial charge in [-0.05, 0) is 49.1 Å². The zero-order valence-corrected chi connectivity index (χ0v) is 26.8. The van der Waals surface area contributed by atoms with Gasteiger partial charge in [0.25, 0.3) is 0 Å². The number of ether oxygens (including phenoxy) is 1. The number of likely N-dealkylation sites (tertiary alicyclic amines) is 1. The Balaban J connectivity index is 1.43. The molecule has 1 unspecified atom stereocenters. The van der Waals surface area contributed by atoms with Gasteiger partial charge in [0.15, 0.2) is 5.89 Å². The normalized spacial score (nSPS) is 20.0. The number of nitrogens with zero attached hydrogens (tertiary/aromatic N) is 4. The Bertz CT molecular complexity index is 1460. The lowest BCUT2D eigenvalue weighted by molar-refractivity contribution is -0.884. The summed E-state index contributed by atoms with van der Waals surface area (Å²) >= 11 is 0. The molecule has 9 nitrogen and oxygen atoms in total. The summed E-state index contributed by atoms with van der Waals surface area (Å²) in [4.78, 5) is 35.5. The molecule has 0 bridgehead atoms. The Kier molecular flexibility index (Phi) is 9.75. The Morgan fingerprint density at radius 2 is 1.98 bits per heavy atom. The average molecular weight is 604 g/mol. The third-order valence-corrected chi connectivity index (χ3v) is 8.75. The predicted octanol–water partition coefficient (Wildman–Crippen LogP) is 5.06. The first-order valence-corrected chi connectivity index (χ1v) is 15.9.